The van der Waals surface area contributed by atoms with E-state index in [1.54, 1.807) is 0 Å². The van der Waals surface area contributed by atoms with Gasteiger partial charge in [-0.15, -0.1) is 0 Å². The van der Waals surface area contributed by atoms with Crippen molar-refractivity contribution in [3.8, 4) is 0 Å². The van der Waals surface area contributed by atoms with Crippen LogP contribution in [0, 0.1) is 17.8 Å². The van der Waals surface area contributed by atoms with Gasteiger partial charge < -0.3 is 20.8 Å². The van der Waals surface area contributed by atoms with E-state index in [1.807, 2.05) is 6.07 Å². The molecule has 0 aromatic heterocycles. The fourth-order valence-corrected chi connectivity index (χ4v) is 5.22. The van der Waals surface area contributed by atoms with Crippen molar-refractivity contribution in [3.05, 3.63) is 35.9 Å². The highest BCUT2D eigenvalue weighted by atomic mass is 16.3. The summed E-state index contributed by atoms with van der Waals surface area (Å²) in [4.78, 5) is 12.7. The third kappa shape index (κ3) is 3.66. The van der Waals surface area contributed by atoms with Gasteiger partial charge in [0.1, 0.15) is 0 Å². The molecule has 1 aromatic carbocycles. The number of nitrogens with one attached hydrogen (secondary N) is 2. The fraction of sp³-hybridized carbons (Fsp3) is 0.667. The number of aryl methyl sites for hydroxylation is 1. The highest BCUT2D eigenvalue weighted by Crippen LogP contribution is 2.45. The summed E-state index contributed by atoms with van der Waals surface area (Å²) in [6.45, 7) is 0.885. The summed E-state index contributed by atoms with van der Waals surface area (Å²) in [6.07, 6.45) is 4.51. The topological polar surface area (TPSA) is 81.6 Å². The number of aliphatic hydroxyl groups is 2. The molecule has 1 saturated heterocycles. The van der Waals surface area contributed by atoms with E-state index in [2.05, 4.69) is 34.9 Å². The Kier molecular flexibility index (Phi) is 5.30. The van der Waals surface area contributed by atoms with Crippen LogP contribution in [0.1, 0.15) is 37.7 Å². The lowest BCUT2D eigenvalue weighted by molar-refractivity contribution is -0.126. The zero-order chi connectivity index (χ0) is 18.1. The molecule has 7 atom stereocenters. The third-order valence-electron chi connectivity index (χ3n) is 6.76. The molecule has 0 radical (unpaired) electrons. The maximum atomic E-state index is 12.7. The Morgan fingerprint density at radius 1 is 1.12 bits per heavy atom. The average molecular weight is 358 g/mol. The van der Waals surface area contributed by atoms with E-state index in [1.165, 1.54) is 5.56 Å². The van der Waals surface area contributed by atoms with E-state index in [0.717, 1.165) is 45.1 Å². The van der Waals surface area contributed by atoms with E-state index in [9.17, 15) is 15.0 Å². The monoisotopic (exact) mass is 358 g/mol. The number of benzene rings is 1. The molecule has 4 N–H and O–H groups in total. The van der Waals surface area contributed by atoms with Crippen molar-refractivity contribution in [1.29, 1.82) is 0 Å². The van der Waals surface area contributed by atoms with E-state index in [0.29, 0.717) is 5.92 Å². The van der Waals surface area contributed by atoms with Crippen molar-refractivity contribution in [1.82, 2.24) is 10.6 Å². The summed E-state index contributed by atoms with van der Waals surface area (Å²) in [5.74, 6) is 0.781. The second kappa shape index (κ2) is 7.67. The highest BCUT2D eigenvalue weighted by Gasteiger charge is 2.52. The zero-order valence-electron chi connectivity index (χ0n) is 15.2. The molecule has 1 heterocycles. The zero-order valence-corrected chi connectivity index (χ0v) is 15.2. The second-order valence-corrected chi connectivity index (χ2v) is 8.41. The van der Waals surface area contributed by atoms with Gasteiger partial charge in [-0.1, -0.05) is 30.3 Å². The Morgan fingerprint density at radius 3 is 2.65 bits per heavy atom. The van der Waals surface area contributed by atoms with Gasteiger partial charge in [-0.3, -0.25) is 4.79 Å². The molecule has 1 amide bonds. The molecule has 7 unspecified atom stereocenters. The summed E-state index contributed by atoms with van der Waals surface area (Å²) in [5, 5.41) is 26.5. The molecule has 4 rings (SSSR count). The summed E-state index contributed by atoms with van der Waals surface area (Å²) in [5.41, 5.74) is 1.36. The number of aliphatic hydroxyl groups excluding tert-OH is 2. The predicted molar refractivity (Wildman–Crippen MR) is 99.4 cm³/mol. The molecule has 3 aliphatic rings. The van der Waals surface area contributed by atoms with Crippen LogP contribution in [0.2, 0.25) is 0 Å². The van der Waals surface area contributed by atoms with Crippen LogP contribution in [0.25, 0.3) is 0 Å². The molecule has 2 saturated carbocycles. The summed E-state index contributed by atoms with van der Waals surface area (Å²) in [7, 11) is 0. The van der Waals surface area contributed by atoms with Crippen LogP contribution in [-0.2, 0) is 11.2 Å². The summed E-state index contributed by atoms with van der Waals surface area (Å²) >= 11 is 0. The molecule has 5 nitrogen and oxygen atoms in total. The second-order valence-electron chi connectivity index (χ2n) is 8.41. The standard InChI is InChI=1S/C21H30N2O3/c24-19-15-11-16(20(19)25)17(12-15)23-21(26)18-10-14(8-9-22-18)7-6-13-4-2-1-3-5-13/h1-5,14-20,22,24-25H,6-12H2,(H,23,26). The van der Waals surface area contributed by atoms with Crippen molar-refractivity contribution in [3.63, 3.8) is 0 Å². The smallest absolute Gasteiger partial charge is 0.237 e. The molecule has 0 spiro atoms. The first-order valence-corrected chi connectivity index (χ1v) is 10.1. The van der Waals surface area contributed by atoms with Crippen molar-refractivity contribution in [2.45, 2.75) is 62.8 Å². The Labute approximate surface area is 155 Å². The molecule has 142 valence electrons. The molecule has 5 heteroatoms. The first kappa shape index (κ1) is 18.0. The fourth-order valence-electron chi connectivity index (χ4n) is 5.22. The quantitative estimate of drug-likeness (QED) is 0.638. The lowest BCUT2D eigenvalue weighted by Crippen LogP contribution is -2.54. The van der Waals surface area contributed by atoms with Crippen LogP contribution in [0.3, 0.4) is 0 Å². The van der Waals surface area contributed by atoms with Crippen molar-refractivity contribution in [2.75, 3.05) is 6.54 Å². The minimum absolute atomic E-state index is 0.0106. The SMILES string of the molecule is O=C(NC1CC2CC1C(O)C2O)C1CC(CCc2ccccc2)CCN1. The van der Waals surface area contributed by atoms with E-state index in [-0.39, 0.29) is 29.8 Å². The molecule has 1 aliphatic heterocycles. The Bertz CT molecular complexity index is 621. The van der Waals surface area contributed by atoms with Gasteiger partial charge in [-0.25, -0.2) is 0 Å². The minimum Gasteiger partial charge on any atom is -0.390 e. The van der Waals surface area contributed by atoms with Gasteiger partial charge in [0.2, 0.25) is 5.91 Å². The number of hydrogen-bond donors (Lipinski definition) is 4. The van der Waals surface area contributed by atoms with Crippen molar-refractivity contribution < 1.29 is 15.0 Å². The van der Waals surface area contributed by atoms with Crippen LogP contribution in [0.15, 0.2) is 30.3 Å². The maximum absolute atomic E-state index is 12.7. The van der Waals surface area contributed by atoms with Gasteiger partial charge in [0.05, 0.1) is 18.2 Å². The van der Waals surface area contributed by atoms with Gasteiger partial charge in [-0.05, 0) is 62.5 Å². The van der Waals surface area contributed by atoms with Gasteiger partial charge in [0, 0.05) is 12.0 Å². The molecular weight excluding hydrogens is 328 g/mol. The molecule has 3 fully saturated rings. The van der Waals surface area contributed by atoms with E-state index in [4.69, 9.17) is 0 Å². The number of carbonyl (C=O) groups is 1. The van der Waals surface area contributed by atoms with Crippen LogP contribution < -0.4 is 10.6 Å². The largest absolute Gasteiger partial charge is 0.390 e. The molecule has 1 aromatic rings. The molecule has 26 heavy (non-hydrogen) atoms. The first-order chi connectivity index (χ1) is 12.6. The lowest BCUT2D eigenvalue weighted by Gasteiger charge is -2.34. The molecule has 2 bridgehead atoms. The number of fused-ring (bicyclic) bond motifs is 2. The summed E-state index contributed by atoms with van der Waals surface area (Å²) in [6, 6.07) is 10.4. The van der Waals surface area contributed by atoms with Gasteiger partial charge in [0.25, 0.3) is 0 Å². The lowest BCUT2D eigenvalue weighted by atomic mass is 9.86. The number of piperidine rings is 1. The predicted octanol–water partition coefficient (Wildman–Crippen LogP) is 1.23. The Hall–Kier alpha value is -1.43. The maximum Gasteiger partial charge on any atom is 0.237 e. The van der Waals surface area contributed by atoms with Gasteiger partial charge in [0.15, 0.2) is 0 Å². The van der Waals surface area contributed by atoms with Crippen LogP contribution in [-0.4, -0.2) is 47.0 Å². The van der Waals surface area contributed by atoms with Gasteiger partial charge in [-0.2, -0.15) is 0 Å². The summed E-state index contributed by atoms with van der Waals surface area (Å²) < 4.78 is 0. The normalized spacial score (nSPS) is 39.1. The minimum atomic E-state index is -0.683. The van der Waals surface area contributed by atoms with Crippen LogP contribution in [0.5, 0.6) is 0 Å². The van der Waals surface area contributed by atoms with Crippen molar-refractivity contribution >= 4 is 5.91 Å². The van der Waals surface area contributed by atoms with Crippen LogP contribution in [0.4, 0.5) is 0 Å². The number of carbonyl (C=O) groups excluding carboxylic acids is 1. The Morgan fingerprint density at radius 2 is 1.92 bits per heavy atom. The Balaban J connectivity index is 1.27. The molecule has 2 aliphatic carbocycles. The number of hydrogen-bond acceptors (Lipinski definition) is 4. The molecular formula is C21H30N2O3. The van der Waals surface area contributed by atoms with E-state index < -0.39 is 12.2 Å². The van der Waals surface area contributed by atoms with Crippen LogP contribution >= 0.6 is 0 Å². The van der Waals surface area contributed by atoms with Gasteiger partial charge >= 0.3 is 0 Å². The van der Waals surface area contributed by atoms with E-state index >= 15 is 0 Å². The number of rotatable bonds is 5. The third-order valence-corrected chi connectivity index (χ3v) is 6.76. The first-order valence-electron chi connectivity index (χ1n) is 10.1. The number of amides is 1. The average Bonchev–Trinajstić information content (AvgIpc) is 3.20. The highest BCUT2D eigenvalue weighted by molar-refractivity contribution is 5.82. The van der Waals surface area contributed by atoms with Crippen molar-refractivity contribution in [2.24, 2.45) is 17.8 Å².